The second-order valence-electron chi connectivity index (χ2n) is 7.77. The maximum absolute atomic E-state index is 13.5. The minimum absolute atomic E-state index is 0.0404. The first-order valence-corrected chi connectivity index (χ1v) is 13.2. The summed E-state index contributed by atoms with van der Waals surface area (Å²) in [4.78, 5) is 13.5. The first kappa shape index (κ1) is 23.1. The molecule has 2 saturated heterocycles. The lowest BCUT2D eigenvalue weighted by Gasteiger charge is -2.30. The molecule has 2 heterocycles. The van der Waals surface area contributed by atoms with E-state index in [0.717, 1.165) is 19.2 Å². The van der Waals surface area contributed by atoms with Crippen LogP contribution >= 0.6 is 0 Å². The Labute approximate surface area is 177 Å². The van der Waals surface area contributed by atoms with Crippen LogP contribution < -0.4 is 0 Å². The Hall–Kier alpha value is -1.53. The molecule has 0 aliphatic carbocycles. The van der Waals surface area contributed by atoms with E-state index in [-0.39, 0.29) is 34.9 Å². The van der Waals surface area contributed by atoms with Gasteiger partial charge < -0.3 is 9.84 Å². The highest BCUT2D eigenvalue weighted by molar-refractivity contribution is 7.92. The standard InChI is InChI=1S/C19H28N2O7S2/c1-15-3-4-16(19(22)23)13-18(15)30(26,27)21(17-5-12-29(24,25)14-17)7-2-6-20-8-10-28-11-9-20/h3-4,13,17H,2,5-12,14H2,1H3,(H,22,23)/t17-/m1/s1. The minimum Gasteiger partial charge on any atom is -0.478 e. The molecule has 2 fully saturated rings. The molecule has 1 atom stereocenters. The number of carbonyl (C=O) groups is 1. The molecule has 3 rings (SSSR count). The fraction of sp³-hybridized carbons (Fsp3) is 0.632. The summed E-state index contributed by atoms with van der Waals surface area (Å²) in [5.41, 5.74) is 0.311. The largest absolute Gasteiger partial charge is 0.478 e. The zero-order valence-corrected chi connectivity index (χ0v) is 18.6. The summed E-state index contributed by atoms with van der Waals surface area (Å²) in [7, 11) is -7.35. The summed E-state index contributed by atoms with van der Waals surface area (Å²) in [6.45, 7) is 5.32. The number of nitrogens with zero attached hydrogens (tertiary/aromatic N) is 2. The van der Waals surface area contributed by atoms with Crippen LogP contribution in [0.2, 0.25) is 0 Å². The molecule has 0 spiro atoms. The first-order valence-electron chi connectivity index (χ1n) is 9.96. The summed E-state index contributed by atoms with van der Waals surface area (Å²) in [6.07, 6.45) is 0.796. The maximum atomic E-state index is 13.5. The second kappa shape index (κ2) is 9.31. The van der Waals surface area contributed by atoms with E-state index in [1.807, 2.05) is 0 Å². The zero-order chi connectivity index (χ0) is 21.9. The number of ether oxygens (including phenoxy) is 1. The number of benzene rings is 1. The quantitative estimate of drug-likeness (QED) is 0.598. The van der Waals surface area contributed by atoms with Crippen molar-refractivity contribution in [2.75, 3.05) is 50.9 Å². The van der Waals surface area contributed by atoms with Crippen molar-refractivity contribution in [2.45, 2.75) is 30.7 Å². The predicted molar refractivity (Wildman–Crippen MR) is 111 cm³/mol. The van der Waals surface area contributed by atoms with E-state index in [4.69, 9.17) is 4.74 Å². The van der Waals surface area contributed by atoms with Gasteiger partial charge in [-0.05, 0) is 44.0 Å². The van der Waals surface area contributed by atoms with Crippen LogP contribution in [-0.4, -0.2) is 94.1 Å². The average Bonchev–Trinajstić information content (AvgIpc) is 3.05. The molecule has 30 heavy (non-hydrogen) atoms. The van der Waals surface area contributed by atoms with Gasteiger partial charge in [-0.25, -0.2) is 21.6 Å². The lowest BCUT2D eigenvalue weighted by atomic mass is 10.1. The SMILES string of the molecule is Cc1ccc(C(=O)O)cc1S(=O)(=O)N(CCCN1CCOCC1)[C@@H]1CCS(=O)(=O)C1. The second-order valence-corrected chi connectivity index (χ2v) is 11.9. The van der Waals surface area contributed by atoms with Crippen molar-refractivity contribution in [3.8, 4) is 0 Å². The molecule has 0 radical (unpaired) electrons. The van der Waals surface area contributed by atoms with E-state index in [1.54, 1.807) is 6.92 Å². The van der Waals surface area contributed by atoms with Crippen molar-refractivity contribution in [1.29, 1.82) is 0 Å². The Morgan fingerprint density at radius 2 is 2.00 bits per heavy atom. The molecule has 9 nitrogen and oxygen atoms in total. The number of carboxylic acid groups (broad SMARTS) is 1. The molecular formula is C19H28N2O7S2. The fourth-order valence-corrected chi connectivity index (χ4v) is 7.68. The van der Waals surface area contributed by atoms with E-state index in [9.17, 15) is 26.7 Å². The molecule has 11 heteroatoms. The van der Waals surface area contributed by atoms with Gasteiger partial charge in [0.1, 0.15) is 0 Å². The van der Waals surface area contributed by atoms with Gasteiger partial charge in [-0.2, -0.15) is 4.31 Å². The van der Waals surface area contributed by atoms with Crippen molar-refractivity contribution in [1.82, 2.24) is 9.21 Å². The van der Waals surface area contributed by atoms with Crippen LogP contribution in [0, 0.1) is 6.92 Å². The van der Waals surface area contributed by atoms with E-state index >= 15 is 0 Å². The molecule has 2 aliphatic heterocycles. The van der Waals surface area contributed by atoms with Gasteiger partial charge in [0.25, 0.3) is 0 Å². The highest BCUT2D eigenvalue weighted by atomic mass is 32.2. The molecule has 2 aliphatic rings. The van der Waals surface area contributed by atoms with Crippen LogP contribution in [0.5, 0.6) is 0 Å². The summed E-state index contributed by atoms with van der Waals surface area (Å²) < 4.78 is 57.7. The normalized spacial score (nSPS) is 22.4. The molecule has 1 aromatic carbocycles. The number of rotatable bonds is 8. The first-order chi connectivity index (χ1) is 14.1. The summed E-state index contributed by atoms with van der Waals surface area (Å²) >= 11 is 0. The Morgan fingerprint density at radius 3 is 2.60 bits per heavy atom. The van der Waals surface area contributed by atoms with Gasteiger partial charge in [-0.1, -0.05) is 6.07 Å². The number of carboxylic acids is 1. The number of sulfonamides is 1. The third-order valence-corrected chi connectivity index (χ3v) is 9.44. The van der Waals surface area contributed by atoms with Crippen LogP contribution in [0.4, 0.5) is 0 Å². The van der Waals surface area contributed by atoms with Gasteiger partial charge in [0.2, 0.25) is 10.0 Å². The number of sulfone groups is 1. The topological polar surface area (TPSA) is 121 Å². The van der Waals surface area contributed by atoms with Gasteiger partial charge >= 0.3 is 5.97 Å². The van der Waals surface area contributed by atoms with E-state index in [1.165, 1.54) is 16.4 Å². The number of hydrogen-bond donors (Lipinski definition) is 1. The maximum Gasteiger partial charge on any atom is 0.335 e. The molecule has 1 N–H and O–H groups in total. The third kappa shape index (κ3) is 5.38. The molecular weight excluding hydrogens is 432 g/mol. The third-order valence-electron chi connectivity index (χ3n) is 5.59. The molecule has 0 amide bonds. The van der Waals surface area contributed by atoms with Crippen molar-refractivity contribution in [3.63, 3.8) is 0 Å². The Kier molecular flexibility index (Phi) is 7.18. The van der Waals surface area contributed by atoms with Crippen LogP contribution in [0.1, 0.15) is 28.8 Å². The summed E-state index contributed by atoms with van der Waals surface area (Å²) in [5, 5.41) is 9.27. The number of morpholine rings is 1. The Balaban J connectivity index is 1.86. The van der Waals surface area contributed by atoms with Crippen LogP contribution in [0.25, 0.3) is 0 Å². The van der Waals surface area contributed by atoms with Crippen molar-refractivity contribution < 1.29 is 31.5 Å². The predicted octanol–water partition coefficient (Wildman–Crippen LogP) is 0.593. The van der Waals surface area contributed by atoms with Crippen LogP contribution in [-0.2, 0) is 24.6 Å². The summed E-state index contributed by atoms with van der Waals surface area (Å²) in [6, 6.07) is 3.34. The lowest BCUT2D eigenvalue weighted by molar-refractivity contribution is 0.0367. The molecule has 0 bridgehead atoms. The van der Waals surface area contributed by atoms with Gasteiger partial charge in [-0.3, -0.25) is 4.90 Å². The summed E-state index contributed by atoms with van der Waals surface area (Å²) in [5.74, 6) is -1.46. The Morgan fingerprint density at radius 1 is 1.30 bits per heavy atom. The lowest BCUT2D eigenvalue weighted by Crippen LogP contribution is -2.43. The van der Waals surface area contributed by atoms with E-state index in [0.29, 0.717) is 31.7 Å². The molecule has 0 saturated carbocycles. The molecule has 168 valence electrons. The fourth-order valence-electron chi connectivity index (χ4n) is 3.91. The van der Waals surface area contributed by atoms with E-state index in [2.05, 4.69) is 4.90 Å². The zero-order valence-electron chi connectivity index (χ0n) is 17.0. The highest BCUT2D eigenvalue weighted by Gasteiger charge is 2.39. The van der Waals surface area contributed by atoms with E-state index < -0.39 is 31.9 Å². The highest BCUT2D eigenvalue weighted by Crippen LogP contribution is 2.28. The monoisotopic (exact) mass is 460 g/mol. The minimum atomic E-state index is -4.06. The van der Waals surface area contributed by atoms with Gasteiger partial charge in [0.05, 0.1) is 35.2 Å². The number of aryl methyl sites for hydroxylation is 1. The van der Waals surface area contributed by atoms with Gasteiger partial charge in [-0.15, -0.1) is 0 Å². The van der Waals surface area contributed by atoms with Gasteiger partial charge in [0.15, 0.2) is 9.84 Å². The molecule has 0 unspecified atom stereocenters. The number of aromatic carboxylic acids is 1. The number of hydrogen-bond acceptors (Lipinski definition) is 7. The molecule has 1 aromatic rings. The molecule has 0 aromatic heterocycles. The van der Waals surface area contributed by atoms with Crippen molar-refractivity contribution in [3.05, 3.63) is 29.3 Å². The van der Waals surface area contributed by atoms with Crippen LogP contribution in [0.3, 0.4) is 0 Å². The van der Waals surface area contributed by atoms with Gasteiger partial charge in [0, 0.05) is 25.7 Å². The van der Waals surface area contributed by atoms with Crippen LogP contribution in [0.15, 0.2) is 23.1 Å². The van der Waals surface area contributed by atoms with Crippen molar-refractivity contribution in [2.24, 2.45) is 0 Å². The average molecular weight is 461 g/mol. The smallest absolute Gasteiger partial charge is 0.335 e. The Bertz CT molecular complexity index is 986. The van der Waals surface area contributed by atoms with Crippen molar-refractivity contribution >= 4 is 25.8 Å².